The monoisotopic (exact) mass is 568 g/mol. The van der Waals surface area contributed by atoms with Crippen LogP contribution in [0.15, 0.2) is 86.1 Å². The predicted octanol–water partition coefficient (Wildman–Crippen LogP) is 5.09. The van der Waals surface area contributed by atoms with Crippen LogP contribution in [-0.2, 0) is 15.7 Å². The zero-order valence-electron chi connectivity index (χ0n) is 21.6. The third-order valence-electron chi connectivity index (χ3n) is 6.30. The molecule has 0 fully saturated rings. The number of furan rings is 1. The molecular formula is C29H23F3N2O5S. The van der Waals surface area contributed by atoms with Crippen LogP contribution in [0.25, 0.3) is 17.4 Å². The Morgan fingerprint density at radius 1 is 1.15 bits per heavy atom. The second kappa shape index (κ2) is 10.6. The van der Waals surface area contributed by atoms with E-state index in [1.807, 2.05) is 0 Å². The van der Waals surface area contributed by atoms with Gasteiger partial charge in [0.15, 0.2) is 4.80 Å². The molecule has 2 aromatic carbocycles. The third-order valence-corrected chi connectivity index (χ3v) is 7.28. The van der Waals surface area contributed by atoms with Gasteiger partial charge in [0.25, 0.3) is 5.56 Å². The standard InChI is InChI=1S/C29H23F3N2O5S/c1-4-38-27(36)24-16(2)33-28-34(25(24)18-8-6-10-20(14-18)37-3)26(35)23(40-28)15-21-11-12-22(39-21)17-7-5-9-19(13-17)29(30,31)32/h5-15,25H,4H2,1-3H3/b23-15-/t25-/m0/s1. The van der Waals surface area contributed by atoms with Gasteiger partial charge in [-0.05, 0) is 55.8 Å². The van der Waals surface area contributed by atoms with Crippen molar-refractivity contribution in [2.75, 3.05) is 13.7 Å². The van der Waals surface area contributed by atoms with Crippen LogP contribution in [0.2, 0.25) is 0 Å². The molecule has 0 saturated heterocycles. The number of halogens is 3. The topological polar surface area (TPSA) is 83.0 Å². The van der Waals surface area contributed by atoms with Crippen molar-refractivity contribution in [1.29, 1.82) is 0 Å². The molecular weight excluding hydrogens is 545 g/mol. The van der Waals surface area contributed by atoms with Gasteiger partial charge in [0.05, 0.1) is 41.1 Å². The average Bonchev–Trinajstić information content (AvgIpc) is 3.52. The summed E-state index contributed by atoms with van der Waals surface area (Å²) in [6.07, 6.45) is -2.98. The molecule has 1 aliphatic heterocycles. The maximum atomic E-state index is 13.7. The fourth-order valence-electron chi connectivity index (χ4n) is 4.48. The summed E-state index contributed by atoms with van der Waals surface area (Å²) in [5.41, 5.74) is 0.338. The van der Waals surface area contributed by atoms with Crippen molar-refractivity contribution >= 4 is 23.4 Å². The molecule has 11 heteroatoms. The van der Waals surface area contributed by atoms with Crippen LogP contribution >= 0.6 is 11.3 Å². The van der Waals surface area contributed by atoms with E-state index in [2.05, 4.69) is 4.99 Å². The van der Waals surface area contributed by atoms with Gasteiger partial charge < -0.3 is 13.9 Å². The molecule has 4 aromatic rings. The number of allylic oxidation sites excluding steroid dienone is 1. The number of alkyl halides is 3. The van der Waals surface area contributed by atoms with Gasteiger partial charge in [0, 0.05) is 11.6 Å². The van der Waals surface area contributed by atoms with Gasteiger partial charge in [-0.1, -0.05) is 35.6 Å². The van der Waals surface area contributed by atoms with E-state index in [4.69, 9.17) is 13.9 Å². The van der Waals surface area contributed by atoms with E-state index in [1.165, 1.54) is 29.9 Å². The van der Waals surface area contributed by atoms with Gasteiger partial charge in [-0.3, -0.25) is 9.36 Å². The fraction of sp³-hybridized carbons (Fsp3) is 0.207. The number of carbonyl (C=O) groups excluding carboxylic acids is 1. The van der Waals surface area contributed by atoms with Crippen molar-refractivity contribution in [3.05, 3.63) is 109 Å². The van der Waals surface area contributed by atoms with E-state index in [-0.39, 0.29) is 33.8 Å². The number of aromatic nitrogens is 1. The van der Waals surface area contributed by atoms with Crippen LogP contribution in [0.5, 0.6) is 5.75 Å². The summed E-state index contributed by atoms with van der Waals surface area (Å²) in [5, 5.41) is 0. The molecule has 206 valence electrons. The van der Waals surface area contributed by atoms with Gasteiger partial charge >= 0.3 is 12.1 Å². The van der Waals surface area contributed by atoms with E-state index in [0.717, 1.165) is 23.5 Å². The van der Waals surface area contributed by atoms with Crippen molar-refractivity contribution in [1.82, 2.24) is 4.57 Å². The highest BCUT2D eigenvalue weighted by Gasteiger charge is 2.34. The number of nitrogens with zero attached hydrogens (tertiary/aromatic N) is 2. The minimum Gasteiger partial charge on any atom is -0.497 e. The molecule has 1 aliphatic rings. The van der Waals surface area contributed by atoms with Crippen molar-refractivity contribution in [3.63, 3.8) is 0 Å². The van der Waals surface area contributed by atoms with Crippen LogP contribution in [0.4, 0.5) is 13.2 Å². The van der Waals surface area contributed by atoms with Crippen molar-refractivity contribution < 1.29 is 31.9 Å². The van der Waals surface area contributed by atoms with Gasteiger partial charge in [-0.2, -0.15) is 13.2 Å². The lowest BCUT2D eigenvalue weighted by Crippen LogP contribution is -2.39. The normalized spacial score (nSPS) is 15.6. The Balaban J connectivity index is 1.61. The van der Waals surface area contributed by atoms with Crippen LogP contribution in [-0.4, -0.2) is 24.3 Å². The minimum absolute atomic E-state index is 0.150. The molecule has 0 amide bonds. The maximum absolute atomic E-state index is 13.7. The number of rotatable bonds is 6. The Hall–Kier alpha value is -4.38. The number of hydrogen-bond acceptors (Lipinski definition) is 7. The Morgan fingerprint density at radius 3 is 2.65 bits per heavy atom. The van der Waals surface area contributed by atoms with Gasteiger partial charge in [-0.25, -0.2) is 9.79 Å². The molecule has 0 aliphatic carbocycles. The van der Waals surface area contributed by atoms with E-state index in [1.54, 1.807) is 50.2 Å². The van der Waals surface area contributed by atoms with Crippen molar-refractivity contribution in [3.8, 4) is 17.1 Å². The Kier molecular flexibility index (Phi) is 7.24. The van der Waals surface area contributed by atoms with Crippen LogP contribution < -0.4 is 19.6 Å². The van der Waals surface area contributed by atoms with E-state index in [0.29, 0.717) is 21.8 Å². The molecule has 5 rings (SSSR count). The highest BCUT2D eigenvalue weighted by Crippen LogP contribution is 2.34. The molecule has 0 N–H and O–H groups in total. The third kappa shape index (κ3) is 5.12. The van der Waals surface area contributed by atoms with Crippen LogP contribution in [0.3, 0.4) is 0 Å². The quantitative estimate of drug-likeness (QED) is 0.303. The first-order valence-electron chi connectivity index (χ1n) is 12.2. The molecule has 40 heavy (non-hydrogen) atoms. The summed E-state index contributed by atoms with van der Waals surface area (Å²) in [6, 6.07) is 14.2. The number of hydrogen-bond donors (Lipinski definition) is 0. The number of carbonyl (C=O) groups is 1. The highest BCUT2D eigenvalue weighted by atomic mass is 32.1. The SMILES string of the molecule is CCOC(=O)C1=C(C)N=c2s/c(=C\c3ccc(-c4cccc(C(F)(F)F)c4)o3)c(=O)n2[C@H]1c1cccc(OC)c1. The van der Waals surface area contributed by atoms with Gasteiger partial charge in [0.2, 0.25) is 0 Å². The number of fused-ring (bicyclic) bond motifs is 1. The molecule has 0 radical (unpaired) electrons. The van der Waals surface area contributed by atoms with Crippen molar-refractivity contribution in [2.24, 2.45) is 4.99 Å². The van der Waals surface area contributed by atoms with E-state index >= 15 is 0 Å². The lowest BCUT2D eigenvalue weighted by molar-refractivity contribution is -0.139. The van der Waals surface area contributed by atoms with Crippen LogP contribution in [0.1, 0.15) is 36.8 Å². The number of thiazole rings is 1. The molecule has 1 atom stereocenters. The Labute approximate surface area is 230 Å². The van der Waals surface area contributed by atoms with Crippen LogP contribution in [0, 0.1) is 0 Å². The van der Waals surface area contributed by atoms with Gasteiger partial charge in [-0.15, -0.1) is 0 Å². The summed E-state index contributed by atoms with van der Waals surface area (Å²) in [6.45, 7) is 3.53. The number of ether oxygens (including phenoxy) is 2. The first kappa shape index (κ1) is 27.2. The molecule has 3 heterocycles. The molecule has 2 aromatic heterocycles. The molecule has 7 nitrogen and oxygen atoms in total. The predicted molar refractivity (Wildman–Crippen MR) is 143 cm³/mol. The lowest BCUT2D eigenvalue weighted by atomic mass is 9.95. The average molecular weight is 569 g/mol. The first-order valence-corrected chi connectivity index (χ1v) is 13.0. The number of methoxy groups -OCH3 is 1. The smallest absolute Gasteiger partial charge is 0.416 e. The molecule has 0 saturated carbocycles. The molecule has 0 bridgehead atoms. The first-order chi connectivity index (χ1) is 19.1. The Morgan fingerprint density at radius 2 is 1.93 bits per heavy atom. The maximum Gasteiger partial charge on any atom is 0.416 e. The van der Waals surface area contributed by atoms with E-state index in [9.17, 15) is 22.8 Å². The van der Waals surface area contributed by atoms with E-state index < -0.39 is 29.3 Å². The molecule has 0 unspecified atom stereocenters. The molecule has 0 spiro atoms. The zero-order valence-corrected chi connectivity index (χ0v) is 22.4. The fourth-order valence-corrected chi connectivity index (χ4v) is 5.51. The zero-order chi connectivity index (χ0) is 28.6. The largest absolute Gasteiger partial charge is 0.497 e. The highest BCUT2D eigenvalue weighted by molar-refractivity contribution is 7.07. The summed E-state index contributed by atoms with van der Waals surface area (Å²) in [5.74, 6) is 0.467. The van der Waals surface area contributed by atoms with Crippen molar-refractivity contribution in [2.45, 2.75) is 26.1 Å². The Bertz CT molecular complexity index is 1810. The second-order valence-corrected chi connectivity index (χ2v) is 9.87. The number of esters is 1. The summed E-state index contributed by atoms with van der Waals surface area (Å²) in [4.78, 5) is 31.6. The second-order valence-electron chi connectivity index (χ2n) is 8.86. The minimum atomic E-state index is -4.49. The lowest BCUT2D eigenvalue weighted by Gasteiger charge is -2.24. The van der Waals surface area contributed by atoms with Gasteiger partial charge in [0.1, 0.15) is 17.3 Å². The summed E-state index contributed by atoms with van der Waals surface area (Å²) in [7, 11) is 1.52. The summed E-state index contributed by atoms with van der Waals surface area (Å²) < 4.78 is 57.6. The summed E-state index contributed by atoms with van der Waals surface area (Å²) >= 11 is 1.11. The number of benzene rings is 2.